The van der Waals surface area contributed by atoms with Crippen molar-refractivity contribution in [3.05, 3.63) is 57.1 Å². The molecule has 6 heteroatoms. The van der Waals surface area contributed by atoms with Gasteiger partial charge in [0.15, 0.2) is 0 Å². The van der Waals surface area contributed by atoms with Crippen molar-refractivity contribution in [1.29, 1.82) is 0 Å². The standard InChI is InChI=1S/C15H12Cl2O4/c1-8-5-9(14(18)10(6-8)15(19)20)7-21-12-4-2-3-11(16)13(12)17/h2-6,18H,7H2,1H3,(H,19,20). The van der Waals surface area contributed by atoms with Gasteiger partial charge in [-0.25, -0.2) is 4.79 Å². The van der Waals surface area contributed by atoms with E-state index in [-0.39, 0.29) is 22.9 Å². The summed E-state index contributed by atoms with van der Waals surface area (Å²) in [4.78, 5) is 11.1. The molecule has 4 nitrogen and oxygen atoms in total. The van der Waals surface area contributed by atoms with Gasteiger partial charge in [-0.15, -0.1) is 0 Å². The third-order valence-corrected chi connectivity index (χ3v) is 3.66. The van der Waals surface area contributed by atoms with Gasteiger partial charge in [-0.3, -0.25) is 0 Å². The Labute approximate surface area is 131 Å². The zero-order valence-corrected chi connectivity index (χ0v) is 12.6. The zero-order valence-electron chi connectivity index (χ0n) is 11.1. The minimum atomic E-state index is -1.20. The van der Waals surface area contributed by atoms with Crippen LogP contribution < -0.4 is 4.74 Å². The highest BCUT2D eigenvalue weighted by Gasteiger charge is 2.15. The van der Waals surface area contributed by atoms with Crippen LogP contribution in [-0.2, 0) is 6.61 Å². The highest BCUT2D eigenvalue weighted by atomic mass is 35.5. The summed E-state index contributed by atoms with van der Waals surface area (Å²) in [5.41, 5.74) is 0.912. The van der Waals surface area contributed by atoms with E-state index in [1.165, 1.54) is 6.07 Å². The highest BCUT2D eigenvalue weighted by Crippen LogP contribution is 2.33. The molecule has 0 heterocycles. The molecule has 0 unspecified atom stereocenters. The minimum Gasteiger partial charge on any atom is -0.507 e. The molecule has 0 aliphatic rings. The third kappa shape index (κ3) is 3.40. The Morgan fingerprint density at radius 2 is 2.00 bits per heavy atom. The Morgan fingerprint density at radius 1 is 1.29 bits per heavy atom. The molecule has 0 saturated carbocycles. The predicted molar refractivity (Wildman–Crippen MR) is 80.6 cm³/mol. The molecule has 0 spiro atoms. The number of halogens is 2. The maximum Gasteiger partial charge on any atom is 0.339 e. The van der Waals surface area contributed by atoms with Crippen molar-refractivity contribution in [1.82, 2.24) is 0 Å². The van der Waals surface area contributed by atoms with E-state index >= 15 is 0 Å². The number of rotatable bonds is 4. The smallest absolute Gasteiger partial charge is 0.339 e. The van der Waals surface area contributed by atoms with Crippen LogP contribution in [0.4, 0.5) is 0 Å². The molecule has 0 amide bonds. The second-order valence-corrected chi connectivity index (χ2v) is 5.25. The lowest BCUT2D eigenvalue weighted by atomic mass is 10.1. The van der Waals surface area contributed by atoms with E-state index in [1.54, 1.807) is 31.2 Å². The number of aryl methyl sites for hydroxylation is 1. The van der Waals surface area contributed by atoms with Gasteiger partial charge in [0, 0.05) is 5.56 Å². The first-order valence-corrected chi connectivity index (χ1v) is 6.78. The van der Waals surface area contributed by atoms with E-state index in [9.17, 15) is 9.90 Å². The summed E-state index contributed by atoms with van der Waals surface area (Å²) in [5.74, 6) is -1.15. The summed E-state index contributed by atoms with van der Waals surface area (Å²) in [5, 5.41) is 19.6. The number of phenols is 1. The number of benzene rings is 2. The van der Waals surface area contributed by atoms with Gasteiger partial charge in [0.05, 0.1) is 5.02 Å². The van der Waals surface area contributed by atoms with Crippen LogP contribution in [0, 0.1) is 6.92 Å². The van der Waals surface area contributed by atoms with Crippen LogP contribution >= 0.6 is 23.2 Å². The summed E-state index contributed by atoms with van der Waals surface area (Å²) < 4.78 is 5.50. The molecule has 2 aromatic carbocycles. The summed E-state index contributed by atoms with van der Waals surface area (Å²) in [6.45, 7) is 1.72. The second kappa shape index (κ2) is 6.24. The monoisotopic (exact) mass is 326 g/mol. The molecule has 110 valence electrons. The molecule has 2 N–H and O–H groups in total. The molecule has 2 rings (SSSR count). The quantitative estimate of drug-likeness (QED) is 0.879. The van der Waals surface area contributed by atoms with Gasteiger partial charge < -0.3 is 14.9 Å². The second-order valence-electron chi connectivity index (χ2n) is 4.47. The molecule has 0 aliphatic carbocycles. The van der Waals surface area contributed by atoms with Crippen molar-refractivity contribution in [2.75, 3.05) is 0 Å². The molecular weight excluding hydrogens is 315 g/mol. The van der Waals surface area contributed by atoms with Crippen molar-refractivity contribution in [2.24, 2.45) is 0 Å². The predicted octanol–water partition coefficient (Wildman–Crippen LogP) is 4.28. The minimum absolute atomic E-state index is 0.0200. The number of carbonyl (C=O) groups is 1. The Bertz CT molecular complexity index is 698. The molecule has 0 bridgehead atoms. The number of ether oxygens (including phenoxy) is 1. The first kappa shape index (κ1) is 15.5. The highest BCUT2D eigenvalue weighted by molar-refractivity contribution is 6.42. The summed E-state index contributed by atoms with van der Waals surface area (Å²) in [7, 11) is 0. The number of carboxylic acids is 1. The van der Waals surface area contributed by atoms with Gasteiger partial charge >= 0.3 is 5.97 Å². The largest absolute Gasteiger partial charge is 0.507 e. The van der Waals surface area contributed by atoms with E-state index in [0.717, 1.165) is 0 Å². The van der Waals surface area contributed by atoms with E-state index < -0.39 is 5.97 Å². The number of aromatic carboxylic acids is 1. The van der Waals surface area contributed by atoms with Crippen LogP contribution in [0.5, 0.6) is 11.5 Å². The average molecular weight is 327 g/mol. The lowest BCUT2D eigenvalue weighted by Crippen LogP contribution is -2.03. The van der Waals surface area contributed by atoms with Crippen molar-refractivity contribution in [3.8, 4) is 11.5 Å². The fourth-order valence-corrected chi connectivity index (χ4v) is 2.22. The fraction of sp³-hybridized carbons (Fsp3) is 0.133. The van der Waals surface area contributed by atoms with E-state index in [4.69, 9.17) is 33.0 Å². The van der Waals surface area contributed by atoms with Crippen molar-refractivity contribution >= 4 is 29.2 Å². The molecule has 0 fully saturated rings. The van der Waals surface area contributed by atoms with Crippen molar-refractivity contribution in [2.45, 2.75) is 13.5 Å². The number of hydrogen-bond acceptors (Lipinski definition) is 3. The van der Waals surface area contributed by atoms with E-state index in [1.807, 2.05) is 0 Å². The first-order chi connectivity index (χ1) is 9.90. The maximum absolute atomic E-state index is 11.1. The molecule has 21 heavy (non-hydrogen) atoms. The fourth-order valence-electron chi connectivity index (χ4n) is 1.88. The Morgan fingerprint density at radius 3 is 2.67 bits per heavy atom. The first-order valence-electron chi connectivity index (χ1n) is 6.02. The summed E-state index contributed by atoms with van der Waals surface area (Å²) >= 11 is 11.9. The molecular formula is C15H12Cl2O4. The van der Waals surface area contributed by atoms with Gasteiger partial charge in [-0.05, 0) is 36.8 Å². The average Bonchev–Trinajstić information content (AvgIpc) is 2.43. The number of aromatic hydroxyl groups is 1. The normalized spacial score (nSPS) is 10.4. The van der Waals surface area contributed by atoms with Gasteiger partial charge in [0.2, 0.25) is 0 Å². The molecule has 0 aliphatic heterocycles. The zero-order chi connectivity index (χ0) is 15.6. The van der Waals surface area contributed by atoms with Crippen LogP contribution in [0.15, 0.2) is 30.3 Å². The van der Waals surface area contributed by atoms with E-state index in [2.05, 4.69) is 0 Å². The van der Waals surface area contributed by atoms with Gasteiger partial charge in [0.25, 0.3) is 0 Å². The van der Waals surface area contributed by atoms with Crippen LogP contribution in [0.25, 0.3) is 0 Å². The van der Waals surface area contributed by atoms with Crippen molar-refractivity contribution in [3.63, 3.8) is 0 Å². The van der Waals surface area contributed by atoms with Gasteiger partial charge in [-0.1, -0.05) is 29.3 Å². The van der Waals surface area contributed by atoms with E-state index in [0.29, 0.717) is 21.9 Å². The maximum atomic E-state index is 11.1. The topological polar surface area (TPSA) is 66.8 Å². The summed E-state index contributed by atoms with van der Waals surface area (Å²) in [6.07, 6.45) is 0. The molecule has 0 saturated heterocycles. The number of hydrogen-bond donors (Lipinski definition) is 2. The van der Waals surface area contributed by atoms with Crippen LogP contribution in [0.1, 0.15) is 21.5 Å². The molecule has 0 radical (unpaired) electrons. The van der Waals surface area contributed by atoms with Crippen molar-refractivity contribution < 1.29 is 19.7 Å². The van der Waals surface area contributed by atoms with Gasteiger partial charge in [0.1, 0.15) is 28.7 Å². The molecule has 0 atom stereocenters. The Balaban J connectivity index is 2.28. The summed E-state index contributed by atoms with van der Waals surface area (Å²) in [6, 6.07) is 8.00. The van der Waals surface area contributed by atoms with Crippen LogP contribution in [0.2, 0.25) is 10.0 Å². The van der Waals surface area contributed by atoms with Gasteiger partial charge in [-0.2, -0.15) is 0 Å². The Hall–Kier alpha value is -1.91. The third-order valence-electron chi connectivity index (χ3n) is 2.86. The lowest BCUT2D eigenvalue weighted by molar-refractivity contribution is 0.0693. The molecule has 2 aromatic rings. The van der Waals surface area contributed by atoms with Crippen LogP contribution in [0.3, 0.4) is 0 Å². The molecule has 0 aromatic heterocycles. The Kier molecular flexibility index (Phi) is 4.60. The SMILES string of the molecule is Cc1cc(COc2cccc(Cl)c2Cl)c(O)c(C(=O)O)c1. The number of carboxylic acid groups (broad SMARTS) is 1. The lowest BCUT2D eigenvalue weighted by Gasteiger charge is -2.12. The van der Waals surface area contributed by atoms with Crippen LogP contribution in [-0.4, -0.2) is 16.2 Å².